The Morgan fingerprint density at radius 2 is 2.08 bits per heavy atom. The average Bonchev–Trinajstić information content (AvgIpc) is 2.99. The topological polar surface area (TPSA) is 67.2 Å². The Hall–Kier alpha value is -2.63. The SMILES string of the molecule is CCC(C(=O)NCCc1ccccc1)N1C(=O)CCn2nc(C)cc21. The van der Waals surface area contributed by atoms with Crippen LogP contribution in [-0.2, 0) is 22.6 Å². The minimum atomic E-state index is -0.501. The molecule has 1 atom stereocenters. The van der Waals surface area contributed by atoms with Crippen LogP contribution in [0.5, 0.6) is 0 Å². The number of hydrogen-bond acceptors (Lipinski definition) is 3. The number of hydrogen-bond donors (Lipinski definition) is 1. The molecule has 25 heavy (non-hydrogen) atoms. The summed E-state index contributed by atoms with van der Waals surface area (Å²) in [5, 5.41) is 7.38. The number of benzene rings is 1. The summed E-state index contributed by atoms with van der Waals surface area (Å²) >= 11 is 0. The summed E-state index contributed by atoms with van der Waals surface area (Å²) in [5.41, 5.74) is 2.03. The van der Waals surface area contributed by atoms with Crippen molar-refractivity contribution < 1.29 is 9.59 Å². The van der Waals surface area contributed by atoms with Crippen LogP contribution < -0.4 is 10.2 Å². The van der Waals surface area contributed by atoms with E-state index >= 15 is 0 Å². The van der Waals surface area contributed by atoms with Gasteiger partial charge in [-0.25, -0.2) is 4.68 Å². The first kappa shape index (κ1) is 17.2. The van der Waals surface area contributed by atoms with E-state index in [9.17, 15) is 9.59 Å². The van der Waals surface area contributed by atoms with E-state index in [1.165, 1.54) is 5.56 Å². The summed E-state index contributed by atoms with van der Waals surface area (Å²) in [6.45, 7) is 4.95. The number of nitrogens with zero attached hydrogens (tertiary/aromatic N) is 3. The van der Waals surface area contributed by atoms with Crippen molar-refractivity contribution in [2.45, 2.75) is 45.7 Å². The van der Waals surface area contributed by atoms with Crippen molar-refractivity contribution in [3.05, 3.63) is 47.7 Å². The highest BCUT2D eigenvalue weighted by atomic mass is 16.2. The lowest BCUT2D eigenvalue weighted by molar-refractivity contribution is -0.127. The number of carbonyl (C=O) groups excluding carboxylic acids is 2. The molecule has 2 heterocycles. The van der Waals surface area contributed by atoms with Crippen molar-refractivity contribution >= 4 is 17.6 Å². The lowest BCUT2D eigenvalue weighted by Gasteiger charge is -2.33. The van der Waals surface area contributed by atoms with Gasteiger partial charge in [0.15, 0.2) is 0 Å². The fourth-order valence-corrected chi connectivity index (χ4v) is 3.25. The van der Waals surface area contributed by atoms with Crippen LogP contribution in [0.4, 0.5) is 5.82 Å². The molecule has 6 nitrogen and oxygen atoms in total. The summed E-state index contributed by atoms with van der Waals surface area (Å²) in [4.78, 5) is 26.8. The van der Waals surface area contributed by atoms with Gasteiger partial charge in [0.05, 0.1) is 12.2 Å². The smallest absolute Gasteiger partial charge is 0.243 e. The maximum Gasteiger partial charge on any atom is 0.243 e. The molecular formula is C19H24N4O2. The highest BCUT2D eigenvalue weighted by Gasteiger charge is 2.34. The Kier molecular flexibility index (Phi) is 5.16. The van der Waals surface area contributed by atoms with Crippen molar-refractivity contribution in [1.29, 1.82) is 0 Å². The van der Waals surface area contributed by atoms with Crippen molar-refractivity contribution in [3.8, 4) is 0 Å². The normalized spacial score (nSPS) is 15.0. The molecular weight excluding hydrogens is 316 g/mol. The maximum absolute atomic E-state index is 12.7. The molecule has 132 valence electrons. The van der Waals surface area contributed by atoms with Gasteiger partial charge in [-0.05, 0) is 25.3 Å². The minimum absolute atomic E-state index is 0.0162. The highest BCUT2D eigenvalue weighted by Crippen LogP contribution is 2.25. The van der Waals surface area contributed by atoms with Gasteiger partial charge in [0, 0.05) is 19.0 Å². The van der Waals surface area contributed by atoms with E-state index in [2.05, 4.69) is 10.4 Å². The molecule has 1 unspecified atom stereocenters. The molecule has 0 saturated heterocycles. The molecule has 1 aromatic carbocycles. The molecule has 0 aliphatic carbocycles. The molecule has 1 aliphatic heterocycles. The predicted molar refractivity (Wildman–Crippen MR) is 96.3 cm³/mol. The molecule has 3 rings (SSSR count). The third-order valence-corrected chi connectivity index (χ3v) is 4.49. The van der Waals surface area contributed by atoms with Gasteiger partial charge in [0.25, 0.3) is 0 Å². The second-order valence-corrected chi connectivity index (χ2v) is 6.33. The molecule has 0 saturated carbocycles. The van der Waals surface area contributed by atoms with Gasteiger partial charge in [0.1, 0.15) is 11.9 Å². The Labute approximate surface area is 147 Å². The van der Waals surface area contributed by atoms with Gasteiger partial charge in [-0.3, -0.25) is 14.5 Å². The van der Waals surface area contributed by atoms with E-state index in [0.29, 0.717) is 25.9 Å². The zero-order valence-electron chi connectivity index (χ0n) is 14.7. The zero-order chi connectivity index (χ0) is 17.8. The number of aryl methyl sites for hydroxylation is 2. The van der Waals surface area contributed by atoms with Crippen molar-refractivity contribution in [1.82, 2.24) is 15.1 Å². The second kappa shape index (κ2) is 7.51. The number of rotatable bonds is 6. The Bertz CT molecular complexity index is 754. The molecule has 1 aromatic heterocycles. The van der Waals surface area contributed by atoms with E-state index in [-0.39, 0.29) is 11.8 Å². The lowest BCUT2D eigenvalue weighted by Crippen LogP contribution is -2.52. The predicted octanol–water partition coefficient (Wildman–Crippen LogP) is 2.07. The largest absolute Gasteiger partial charge is 0.354 e. The lowest BCUT2D eigenvalue weighted by atomic mass is 10.1. The quantitative estimate of drug-likeness (QED) is 0.875. The number of carbonyl (C=O) groups is 2. The second-order valence-electron chi connectivity index (χ2n) is 6.33. The molecule has 0 fully saturated rings. The Balaban J connectivity index is 1.68. The molecule has 1 aliphatic rings. The number of fused-ring (bicyclic) bond motifs is 1. The standard InChI is InChI=1S/C19H24N4O2/c1-3-16(19(25)20-11-9-15-7-5-4-6-8-15)23-17-13-14(2)21-22(17)12-10-18(23)24/h4-8,13,16H,3,9-12H2,1-2H3,(H,20,25). The fourth-order valence-electron chi connectivity index (χ4n) is 3.25. The van der Waals surface area contributed by atoms with E-state index in [0.717, 1.165) is 17.9 Å². The van der Waals surface area contributed by atoms with E-state index in [1.54, 1.807) is 4.90 Å². The summed E-state index contributed by atoms with van der Waals surface area (Å²) < 4.78 is 1.82. The first-order valence-electron chi connectivity index (χ1n) is 8.78. The van der Waals surface area contributed by atoms with E-state index < -0.39 is 6.04 Å². The minimum Gasteiger partial charge on any atom is -0.354 e. The Morgan fingerprint density at radius 3 is 2.80 bits per heavy atom. The third kappa shape index (κ3) is 3.73. The highest BCUT2D eigenvalue weighted by molar-refractivity contribution is 6.00. The van der Waals surface area contributed by atoms with Crippen molar-refractivity contribution in [3.63, 3.8) is 0 Å². The van der Waals surface area contributed by atoms with Crippen LogP contribution in [0.3, 0.4) is 0 Å². The van der Waals surface area contributed by atoms with E-state index in [1.807, 2.05) is 54.9 Å². The molecule has 1 N–H and O–H groups in total. The van der Waals surface area contributed by atoms with Gasteiger partial charge in [-0.1, -0.05) is 37.3 Å². The maximum atomic E-state index is 12.7. The summed E-state index contributed by atoms with van der Waals surface area (Å²) in [5.74, 6) is 0.593. The Morgan fingerprint density at radius 1 is 1.32 bits per heavy atom. The number of amides is 2. The molecule has 0 bridgehead atoms. The van der Waals surface area contributed by atoms with Crippen LogP contribution in [0.1, 0.15) is 31.0 Å². The number of anilines is 1. The van der Waals surface area contributed by atoms with Gasteiger partial charge < -0.3 is 5.32 Å². The third-order valence-electron chi connectivity index (χ3n) is 4.49. The van der Waals surface area contributed by atoms with Crippen LogP contribution in [-0.4, -0.2) is 34.2 Å². The first-order valence-corrected chi connectivity index (χ1v) is 8.78. The van der Waals surface area contributed by atoms with Crippen molar-refractivity contribution in [2.24, 2.45) is 0 Å². The van der Waals surface area contributed by atoms with Gasteiger partial charge in [0.2, 0.25) is 11.8 Å². The van der Waals surface area contributed by atoms with Crippen LogP contribution in [0, 0.1) is 6.92 Å². The van der Waals surface area contributed by atoms with Crippen molar-refractivity contribution in [2.75, 3.05) is 11.4 Å². The summed E-state index contributed by atoms with van der Waals surface area (Å²) in [6.07, 6.45) is 1.71. The van der Waals surface area contributed by atoms with Crippen LogP contribution in [0.15, 0.2) is 36.4 Å². The number of nitrogens with one attached hydrogen (secondary N) is 1. The average molecular weight is 340 g/mol. The molecule has 6 heteroatoms. The molecule has 2 aromatic rings. The molecule has 0 radical (unpaired) electrons. The summed E-state index contributed by atoms with van der Waals surface area (Å²) in [6, 6.07) is 11.4. The molecule has 2 amide bonds. The first-order chi connectivity index (χ1) is 12.1. The zero-order valence-corrected chi connectivity index (χ0v) is 14.7. The van der Waals surface area contributed by atoms with Crippen LogP contribution in [0.2, 0.25) is 0 Å². The van der Waals surface area contributed by atoms with Gasteiger partial charge in [-0.2, -0.15) is 5.10 Å². The van der Waals surface area contributed by atoms with Gasteiger partial charge in [-0.15, -0.1) is 0 Å². The van der Waals surface area contributed by atoms with E-state index in [4.69, 9.17) is 0 Å². The van der Waals surface area contributed by atoms with Gasteiger partial charge >= 0.3 is 0 Å². The van der Waals surface area contributed by atoms with Crippen LogP contribution >= 0.6 is 0 Å². The fraction of sp³-hybridized carbons (Fsp3) is 0.421. The van der Waals surface area contributed by atoms with Crippen LogP contribution in [0.25, 0.3) is 0 Å². The molecule has 0 spiro atoms. The monoisotopic (exact) mass is 340 g/mol. The number of aromatic nitrogens is 2. The summed E-state index contributed by atoms with van der Waals surface area (Å²) in [7, 11) is 0.